The Labute approximate surface area is 161 Å². The summed E-state index contributed by atoms with van der Waals surface area (Å²) < 4.78 is 5.03. The van der Waals surface area contributed by atoms with E-state index >= 15 is 0 Å². The Morgan fingerprint density at radius 3 is 2.85 bits per heavy atom. The van der Waals surface area contributed by atoms with Crippen molar-refractivity contribution in [2.45, 2.75) is 12.8 Å². The van der Waals surface area contributed by atoms with Gasteiger partial charge in [0.25, 0.3) is 5.91 Å². The van der Waals surface area contributed by atoms with Gasteiger partial charge in [-0.25, -0.2) is 0 Å². The van der Waals surface area contributed by atoms with Gasteiger partial charge in [-0.1, -0.05) is 47.1 Å². The molecule has 136 valence electrons. The first kappa shape index (κ1) is 17.4. The summed E-state index contributed by atoms with van der Waals surface area (Å²) in [5.74, 6) is -0.229. The molecule has 2 heterocycles. The van der Waals surface area contributed by atoms with Gasteiger partial charge in [0.15, 0.2) is 5.69 Å². The van der Waals surface area contributed by atoms with Crippen molar-refractivity contribution in [2.75, 3.05) is 6.54 Å². The topological polar surface area (TPSA) is 70.9 Å². The van der Waals surface area contributed by atoms with Gasteiger partial charge in [-0.3, -0.25) is 4.79 Å². The molecule has 4 aromatic rings. The third-order valence-electron chi connectivity index (χ3n) is 4.50. The lowest BCUT2D eigenvalue weighted by Gasteiger charge is -2.05. The smallest absolute Gasteiger partial charge is 0.273 e. The van der Waals surface area contributed by atoms with Crippen molar-refractivity contribution in [2.24, 2.45) is 0 Å². The second-order valence-corrected chi connectivity index (χ2v) is 6.80. The van der Waals surface area contributed by atoms with Crippen LogP contribution in [0, 0.1) is 0 Å². The van der Waals surface area contributed by atoms with E-state index in [1.807, 2.05) is 54.7 Å². The number of fused-ring (bicyclic) bond motifs is 1. The van der Waals surface area contributed by atoms with Gasteiger partial charge < -0.3 is 14.8 Å². The number of hydrogen-bond acceptors (Lipinski definition) is 3. The molecular weight excluding hydrogens is 362 g/mol. The number of hydrogen-bond donors (Lipinski definition) is 2. The SMILES string of the molecule is O=C(NCCc1c[nH]c2ccc(Cl)cc12)c1nocc1Cc1ccccc1. The average molecular weight is 380 g/mol. The van der Waals surface area contributed by atoms with Gasteiger partial charge in [-0.05, 0) is 35.7 Å². The highest BCUT2D eigenvalue weighted by atomic mass is 35.5. The fourth-order valence-electron chi connectivity index (χ4n) is 3.14. The lowest BCUT2D eigenvalue weighted by Crippen LogP contribution is -2.26. The Hall–Kier alpha value is -3.05. The summed E-state index contributed by atoms with van der Waals surface area (Å²) in [7, 11) is 0. The van der Waals surface area contributed by atoms with E-state index in [-0.39, 0.29) is 5.91 Å². The van der Waals surface area contributed by atoms with E-state index in [0.717, 1.165) is 27.6 Å². The van der Waals surface area contributed by atoms with Crippen LogP contribution in [0.4, 0.5) is 0 Å². The Morgan fingerprint density at radius 1 is 1.15 bits per heavy atom. The molecule has 1 amide bonds. The second-order valence-electron chi connectivity index (χ2n) is 6.36. The zero-order valence-corrected chi connectivity index (χ0v) is 15.3. The largest absolute Gasteiger partial charge is 0.364 e. The summed E-state index contributed by atoms with van der Waals surface area (Å²) in [6, 6.07) is 15.7. The predicted octanol–water partition coefficient (Wildman–Crippen LogP) is 4.37. The summed E-state index contributed by atoms with van der Waals surface area (Å²) in [6.07, 6.45) is 4.78. The molecule has 0 unspecified atom stereocenters. The summed E-state index contributed by atoms with van der Waals surface area (Å²) >= 11 is 6.08. The molecule has 0 saturated heterocycles. The fraction of sp³-hybridized carbons (Fsp3) is 0.143. The molecule has 4 rings (SSSR count). The van der Waals surface area contributed by atoms with Crippen molar-refractivity contribution in [1.82, 2.24) is 15.5 Å². The maximum absolute atomic E-state index is 12.5. The van der Waals surface area contributed by atoms with Gasteiger partial charge in [0.2, 0.25) is 0 Å². The highest BCUT2D eigenvalue weighted by Gasteiger charge is 2.16. The van der Waals surface area contributed by atoms with Crippen LogP contribution in [0.1, 0.15) is 27.2 Å². The lowest BCUT2D eigenvalue weighted by molar-refractivity contribution is 0.0944. The van der Waals surface area contributed by atoms with Crippen LogP contribution in [0.2, 0.25) is 5.02 Å². The van der Waals surface area contributed by atoms with Crippen LogP contribution < -0.4 is 5.32 Å². The standard InChI is InChI=1S/C21H18ClN3O2/c22-17-6-7-19-18(11-17)15(12-24-19)8-9-23-21(26)20-16(13-27-25-20)10-14-4-2-1-3-5-14/h1-7,11-13,24H,8-10H2,(H,23,26). The Morgan fingerprint density at radius 2 is 2.00 bits per heavy atom. The number of aromatic nitrogens is 2. The molecule has 27 heavy (non-hydrogen) atoms. The number of rotatable bonds is 6. The highest BCUT2D eigenvalue weighted by molar-refractivity contribution is 6.31. The molecule has 2 aromatic carbocycles. The van der Waals surface area contributed by atoms with E-state index in [1.54, 1.807) is 0 Å². The first-order valence-electron chi connectivity index (χ1n) is 8.71. The summed E-state index contributed by atoms with van der Waals surface area (Å²) in [5, 5.41) is 8.57. The number of halogens is 1. The lowest BCUT2D eigenvalue weighted by atomic mass is 10.1. The van der Waals surface area contributed by atoms with E-state index < -0.39 is 0 Å². The number of benzene rings is 2. The molecule has 2 aromatic heterocycles. The van der Waals surface area contributed by atoms with E-state index in [2.05, 4.69) is 15.5 Å². The van der Waals surface area contributed by atoms with Gasteiger partial charge >= 0.3 is 0 Å². The minimum Gasteiger partial charge on any atom is -0.364 e. The molecule has 6 heteroatoms. The second kappa shape index (κ2) is 7.68. The fourth-order valence-corrected chi connectivity index (χ4v) is 3.31. The van der Waals surface area contributed by atoms with Gasteiger partial charge in [0.05, 0.1) is 0 Å². The van der Waals surface area contributed by atoms with Gasteiger partial charge in [-0.2, -0.15) is 0 Å². The maximum atomic E-state index is 12.5. The van der Waals surface area contributed by atoms with Gasteiger partial charge in [0, 0.05) is 40.7 Å². The minimum absolute atomic E-state index is 0.229. The van der Waals surface area contributed by atoms with Crippen molar-refractivity contribution in [3.8, 4) is 0 Å². The summed E-state index contributed by atoms with van der Waals surface area (Å²) in [6.45, 7) is 0.496. The third kappa shape index (κ3) is 3.88. The first-order valence-corrected chi connectivity index (χ1v) is 9.09. The normalized spacial score (nSPS) is 11.0. The molecule has 0 spiro atoms. The van der Waals surface area contributed by atoms with Crippen LogP contribution >= 0.6 is 11.6 Å². The molecule has 5 nitrogen and oxygen atoms in total. The molecular formula is C21H18ClN3O2. The van der Waals surface area contributed by atoms with Crippen LogP contribution in [-0.2, 0) is 12.8 Å². The van der Waals surface area contributed by atoms with Crippen LogP contribution in [0.3, 0.4) is 0 Å². The van der Waals surface area contributed by atoms with Crippen LogP contribution in [0.15, 0.2) is 65.5 Å². The third-order valence-corrected chi connectivity index (χ3v) is 4.74. The highest BCUT2D eigenvalue weighted by Crippen LogP contribution is 2.22. The number of nitrogens with one attached hydrogen (secondary N) is 2. The van der Waals surface area contributed by atoms with E-state index in [4.69, 9.17) is 16.1 Å². The Bertz CT molecular complexity index is 1070. The van der Waals surface area contributed by atoms with Crippen molar-refractivity contribution < 1.29 is 9.32 Å². The maximum Gasteiger partial charge on any atom is 0.273 e. The van der Waals surface area contributed by atoms with Gasteiger partial charge in [-0.15, -0.1) is 0 Å². The van der Waals surface area contributed by atoms with Crippen LogP contribution in [0.25, 0.3) is 10.9 Å². The summed E-state index contributed by atoms with van der Waals surface area (Å²) in [4.78, 5) is 15.7. The Balaban J connectivity index is 1.40. The zero-order valence-electron chi connectivity index (χ0n) is 14.5. The quantitative estimate of drug-likeness (QED) is 0.522. The van der Waals surface area contributed by atoms with Crippen molar-refractivity contribution >= 4 is 28.4 Å². The van der Waals surface area contributed by atoms with Crippen molar-refractivity contribution in [1.29, 1.82) is 0 Å². The molecule has 0 aliphatic carbocycles. The van der Waals surface area contributed by atoms with E-state index in [0.29, 0.717) is 30.1 Å². The number of carbonyl (C=O) groups excluding carboxylic acids is 1. The number of carbonyl (C=O) groups is 1. The predicted molar refractivity (Wildman–Crippen MR) is 105 cm³/mol. The first-order chi connectivity index (χ1) is 13.2. The number of nitrogens with zero attached hydrogens (tertiary/aromatic N) is 1. The molecule has 0 bridgehead atoms. The monoisotopic (exact) mass is 379 g/mol. The van der Waals surface area contributed by atoms with Crippen LogP contribution in [-0.4, -0.2) is 22.6 Å². The van der Waals surface area contributed by atoms with Crippen molar-refractivity contribution in [3.05, 3.63) is 88.4 Å². The number of H-pyrrole nitrogens is 1. The molecule has 2 N–H and O–H groups in total. The molecule has 0 atom stereocenters. The summed E-state index contributed by atoms with van der Waals surface area (Å²) in [5.41, 5.74) is 4.35. The molecule has 0 radical (unpaired) electrons. The van der Waals surface area contributed by atoms with E-state index in [9.17, 15) is 4.79 Å². The average Bonchev–Trinajstić information content (AvgIpc) is 3.29. The molecule has 0 aliphatic heterocycles. The minimum atomic E-state index is -0.229. The molecule has 0 saturated carbocycles. The Kier molecular flexibility index (Phi) is 4.94. The number of aromatic amines is 1. The molecule has 0 aliphatic rings. The van der Waals surface area contributed by atoms with E-state index in [1.165, 1.54) is 6.26 Å². The van der Waals surface area contributed by atoms with Crippen molar-refractivity contribution in [3.63, 3.8) is 0 Å². The number of amides is 1. The molecule has 0 fully saturated rings. The van der Waals surface area contributed by atoms with Gasteiger partial charge in [0.1, 0.15) is 6.26 Å². The van der Waals surface area contributed by atoms with Crippen LogP contribution in [0.5, 0.6) is 0 Å². The zero-order chi connectivity index (χ0) is 18.6.